The number of ether oxygens (including phenoxy) is 1. The molecule has 12 heavy (non-hydrogen) atoms. The molecule has 0 saturated carbocycles. The Bertz CT molecular complexity index is 174. The largest absolute Gasteiger partial charge is 0.497 e. The Balaban J connectivity index is 4.14. The van der Waals surface area contributed by atoms with Crippen LogP contribution in [0.1, 0.15) is 13.8 Å². The Morgan fingerprint density at radius 1 is 1.50 bits per heavy atom. The van der Waals surface area contributed by atoms with Crippen LogP contribution in [0.15, 0.2) is 12.3 Å². The fourth-order valence-electron chi connectivity index (χ4n) is 0.341. The van der Waals surface area contributed by atoms with Crippen LogP contribution >= 0.6 is 67.8 Å². The minimum Gasteiger partial charge on any atom is -0.497 e. The van der Waals surface area contributed by atoms with Crippen molar-refractivity contribution in [2.75, 3.05) is 6.61 Å². The molecule has 0 heterocycles. The smallest absolute Gasteiger partial charge is 0.227 e. The van der Waals surface area contributed by atoms with Crippen molar-refractivity contribution < 1.29 is 9.13 Å². The first-order chi connectivity index (χ1) is 5.17. The molecule has 0 aromatic carbocycles. The predicted octanol–water partition coefficient (Wildman–Crippen LogP) is 4.22. The Morgan fingerprint density at radius 2 is 1.92 bits per heavy atom. The summed E-state index contributed by atoms with van der Waals surface area (Å²) in [5.74, 6) is 0.620. The third kappa shape index (κ3) is 4.77. The van der Waals surface area contributed by atoms with Gasteiger partial charge in [0.05, 0.1) is 5.76 Å². The normalized spacial score (nSPS) is 16.8. The van der Waals surface area contributed by atoms with Gasteiger partial charge in [0.15, 0.2) is 0 Å². The molecule has 0 bridgehead atoms. The van der Waals surface area contributed by atoms with Gasteiger partial charge in [0.25, 0.3) is 0 Å². The predicted molar refractivity (Wildman–Crippen MR) is 75.1 cm³/mol. The fourth-order valence-corrected chi connectivity index (χ4v) is 0.808. The van der Waals surface area contributed by atoms with Gasteiger partial charge in [-0.1, -0.05) is 29.2 Å². The van der Waals surface area contributed by atoms with E-state index in [0.717, 1.165) is 0 Å². The molecule has 0 aromatic heterocycles. The Hall–Kier alpha value is 1.66. The quantitative estimate of drug-likeness (QED) is 0.313. The summed E-state index contributed by atoms with van der Waals surface area (Å²) in [5.41, 5.74) is 0. The van der Waals surface area contributed by atoms with Crippen molar-refractivity contribution in [1.82, 2.24) is 0 Å². The van der Waals surface area contributed by atoms with Crippen molar-refractivity contribution in [3.8, 4) is 0 Å². The number of hydrogen-bond acceptors (Lipinski definition) is 1. The molecule has 0 N–H and O–H groups in total. The average Bonchev–Trinajstić information content (AvgIpc) is 1.81. The number of hydrogen-bond donors (Lipinski definition) is 0. The summed E-state index contributed by atoms with van der Waals surface area (Å²) in [4.78, 5) is 0. The van der Waals surface area contributed by atoms with E-state index in [4.69, 9.17) is 4.74 Å². The van der Waals surface area contributed by atoms with Crippen molar-refractivity contribution >= 4 is 67.8 Å². The van der Waals surface area contributed by atoms with Gasteiger partial charge in [-0.2, -0.15) is 0 Å². The fraction of sp³-hybridized carbons (Fsp3) is 0.714. The van der Waals surface area contributed by atoms with Crippen LogP contribution in [-0.2, 0) is 4.74 Å². The van der Waals surface area contributed by atoms with Gasteiger partial charge in [-0.05, 0) is 59.0 Å². The topological polar surface area (TPSA) is 9.23 Å². The highest BCUT2D eigenvalue weighted by Gasteiger charge is 2.43. The number of allylic oxidation sites excluding steroid dienone is 1. The summed E-state index contributed by atoms with van der Waals surface area (Å²) in [6.45, 7) is 7.50. The minimum atomic E-state index is -1.31. The molecule has 0 aliphatic heterocycles. The second-order valence-corrected chi connectivity index (χ2v) is 10.1. The van der Waals surface area contributed by atoms with Gasteiger partial charge in [-0.3, -0.25) is 0 Å². The lowest BCUT2D eigenvalue weighted by molar-refractivity contribution is 0.174. The first kappa shape index (κ1) is 13.7. The van der Waals surface area contributed by atoms with Crippen LogP contribution in [0, 0.1) is 0 Å². The third-order valence-corrected chi connectivity index (χ3v) is 6.68. The molecule has 0 radical (unpaired) electrons. The van der Waals surface area contributed by atoms with Crippen LogP contribution in [0.3, 0.4) is 0 Å². The average molecular weight is 510 g/mol. The zero-order valence-corrected chi connectivity index (χ0v) is 13.3. The standard InChI is InChI=1S/C7H10FI3O/c1-5(2)12-4-6(3,9)7(8,10)11/h1,4H2,2-3H3. The highest BCUT2D eigenvalue weighted by Crippen LogP contribution is 2.46. The van der Waals surface area contributed by atoms with Crippen LogP contribution in [0.2, 0.25) is 0 Å². The molecule has 0 saturated heterocycles. The van der Waals surface area contributed by atoms with Gasteiger partial charge < -0.3 is 4.74 Å². The van der Waals surface area contributed by atoms with Crippen LogP contribution in [0.5, 0.6) is 0 Å². The van der Waals surface area contributed by atoms with E-state index >= 15 is 0 Å². The third-order valence-electron chi connectivity index (χ3n) is 1.18. The molecule has 0 fully saturated rings. The van der Waals surface area contributed by atoms with E-state index in [9.17, 15) is 4.39 Å². The molecule has 0 amide bonds. The maximum absolute atomic E-state index is 13.5. The van der Waals surface area contributed by atoms with Crippen LogP contribution in [0.25, 0.3) is 0 Å². The Kier molecular flexibility index (Phi) is 5.63. The van der Waals surface area contributed by atoms with Crippen molar-refractivity contribution in [2.45, 2.75) is 19.0 Å². The first-order valence-electron chi connectivity index (χ1n) is 3.21. The molecule has 5 heteroatoms. The van der Waals surface area contributed by atoms with Gasteiger partial charge in [-0.25, -0.2) is 4.39 Å². The van der Waals surface area contributed by atoms with Crippen molar-refractivity contribution in [3.63, 3.8) is 0 Å². The Labute approximate surface area is 113 Å². The molecule has 0 spiro atoms. The second-order valence-electron chi connectivity index (χ2n) is 2.69. The molecule has 0 aromatic rings. The van der Waals surface area contributed by atoms with Gasteiger partial charge in [0.2, 0.25) is 1.68 Å². The molecule has 1 unspecified atom stereocenters. The SMILES string of the molecule is C=C(C)OCC(C)(I)C(F)(I)I. The summed E-state index contributed by atoms with van der Waals surface area (Å²) < 4.78 is 16.8. The van der Waals surface area contributed by atoms with Crippen molar-refractivity contribution in [2.24, 2.45) is 0 Å². The molecule has 1 nitrogen and oxygen atoms in total. The monoisotopic (exact) mass is 510 g/mol. The van der Waals surface area contributed by atoms with Crippen LogP contribution in [0.4, 0.5) is 4.39 Å². The number of halogens is 4. The van der Waals surface area contributed by atoms with E-state index in [1.54, 1.807) is 52.1 Å². The second kappa shape index (κ2) is 4.94. The van der Waals surface area contributed by atoms with E-state index in [2.05, 4.69) is 29.2 Å². The lowest BCUT2D eigenvalue weighted by Crippen LogP contribution is -2.37. The van der Waals surface area contributed by atoms with E-state index in [1.807, 2.05) is 6.92 Å². The zero-order valence-electron chi connectivity index (χ0n) is 6.83. The maximum Gasteiger partial charge on any atom is 0.227 e. The van der Waals surface area contributed by atoms with E-state index in [-0.39, 0.29) is 0 Å². The lowest BCUT2D eigenvalue weighted by Gasteiger charge is -2.29. The van der Waals surface area contributed by atoms with E-state index in [0.29, 0.717) is 12.4 Å². The van der Waals surface area contributed by atoms with E-state index in [1.165, 1.54) is 0 Å². The van der Waals surface area contributed by atoms with Gasteiger partial charge in [0, 0.05) is 0 Å². The van der Waals surface area contributed by atoms with Crippen molar-refractivity contribution in [3.05, 3.63) is 12.3 Å². The lowest BCUT2D eigenvalue weighted by atomic mass is 10.2. The van der Waals surface area contributed by atoms with Crippen molar-refractivity contribution in [1.29, 1.82) is 0 Å². The molecule has 0 aliphatic carbocycles. The number of alkyl halides is 4. The van der Waals surface area contributed by atoms with E-state index < -0.39 is 5.10 Å². The first-order valence-corrected chi connectivity index (χ1v) is 6.44. The van der Waals surface area contributed by atoms with Crippen LogP contribution in [-0.4, -0.2) is 11.7 Å². The summed E-state index contributed by atoms with van der Waals surface area (Å²) >= 11 is 5.60. The Morgan fingerprint density at radius 3 is 2.17 bits per heavy atom. The zero-order chi connectivity index (χ0) is 9.99. The molecule has 0 rings (SSSR count). The number of rotatable bonds is 4. The summed E-state index contributed by atoms with van der Waals surface area (Å²) in [6.07, 6.45) is 0. The van der Waals surface area contributed by atoms with Gasteiger partial charge in [0.1, 0.15) is 10.0 Å². The van der Waals surface area contributed by atoms with Gasteiger partial charge in [-0.15, -0.1) is 0 Å². The minimum absolute atomic E-state index is 0.339. The van der Waals surface area contributed by atoms with Crippen LogP contribution < -0.4 is 0 Å². The summed E-state index contributed by atoms with van der Waals surface area (Å²) in [5, 5.41) is 0. The summed E-state index contributed by atoms with van der Waals surface area (Å²) in [7, 11) is 0. The summed E-state index contributed by atoms with van der Waals surface area (Å²) in [6, 6.07) is 0. The molecule has 72 valence electrons. The maximum atomic E-state index is 13.5. The highest BCUT2D eigenvalue weighted by atomic mass is 127. The highest BCUT2D eigenvalue weighted by molar-refractivity contribution is 14.2. The molecule has 0 aliphatic rings. The van der Waals surface area contributed by atoms with Gasteiger partial charge >= 0.3 is 0 Å². The molecular formula is C7H10FI3O. The molecule has 1 atom stereocenters. The molecular weight excluding hydrogens is 500 g/mol.